The average Bonchev–Trinajstić information content (AvgIpc) is 3.55. The first kappa shape index (κ1) is 21.6. The minimum Gasteiger partial charge on any atom is -0.488 e. The molecule has 3 fully saturated rings. The summed E-state index contributed by atoms with van der Waals surface area (Å²) >= 11 is 2.75. The Morgan fingerprint density at radius 1 is 1.00 bits per heavy atom. The summed E-state index contributed by atoms with van der Waals surface area (Å²) in [6.45, 7) is 3.33. The number of hydrogen-bond acceptors (Lipinski definition) is 6. The van der Waals surface area contributed by atoms with Gasteiger partial charge in [-0.1, -0.05) is 30.3 Å². The van der Waals surface area contributed by atoms with Crippen LogP contribution in [0.25, 0.3) is 0 Å². The minimum atomic E-state index is -1.76. The van der Waals surface area contributed by atoms with Gasteiger partial charge in [0.2, 0.25) is 11.8 Å². The van der Waals surface area contributed by atoms with Crippen molar-refractivity contribution in [1.82, 2.24) is 0 Å². The Hall–Kier alpha value is -2.19. The van der Waals surface area contributed by atoms with Crippen molar-refractivity contribution < 1.29 is 23.9 Å². The highest BCUT2D eigenvalue weighted by molar-refractivity contribution is 7.12. The lowest BCUT2D eigenvalue weighted by Gasteiger charge is -2.53. The Labute approximate surface area is 196 Å². The molecule has 168 valence electrons. The van der Waals surface area contributed by atoms with E-state index in [0.29, 0.717) is 22.3 Å². The summed E-state index contributed by atoms with van der Waals surface area (Å²) in [5.74, 6) is 0.872. The molecule has 3 aliphatic rings. The zero-order chi connectivity index (χ0) is 22.0. The molecule has 3 saturated heterocycles. The van der Waals surface area contributed by atoms with Crippen LogP contribution in [-0.2, 0) is 15.1 Å². The smallest absolute Gasteiger partial charge is 0.353 e. The Morgan fingerprint density at radius 2 is 1.66 bits per heavy atom. The molecule has 2 bridgehead atoms. The maximum Gasteiger partial charge on any atom is 0.353 e. The molecule has 5 heterocycles. The second kappa shape index (κ2) is 8.98. The van der Waals surface area contributed by atoms with Gasteiger partial charge in [0.05, 0.1) is 22.8 Å². The van der Waals surface area contributed by atoms with Crippen molar-refractivity contribution in [1.29, 1.82) is 0 Å². The number of rotatable bonds is 8. The van der Waals surface area contributed by atoms with Gasteiger partial charge in [-0.05, 0) is 40.9 Å². The normalized spacial score (nSPS) is 24.9. The molecule has 0 spiro atoms. The number of piperidine rings is 3. The van der Waals surface area contributed by atoms with Gasteiger partial charge in [-0.3, -0.25) is 4.48 Å². The van der Waals surface area contributed by atoms with E-state index in [2.05, 4.69) is 0 Å². The van der Waals surface area contributed by atoms with E-state index >= 15 is 0 Å². The molecule has 3 aromatic rings. The summed E-state index contributed by atoms with van der Waals surface area (Å²) in [6, 6.07) is 17.1. The van der Waals surface area contributed by atoms with Crippen molar-refractivity contribution in [2.75, 3.05) is 26.2 Å². The first-order valence-electron chi connectivity index (χ1n) is 11.2. The standard InChI is InChI=1S/C25H28NO4S2/c27-24(25(28,21-8-4-16-31-21)22-9-5-17-32-22)30-23-18-19-10-12-26(23,13-11-19)14-15-29-20-6-2-1-3-7-20/h1-9,16-17,19,23,28H,10-15,18H2/q+1/t19?,23-,26?/m1/s1. The molecule has 5 nitrogen and oxygen atoms in total. The van der Waals surface area contributed by atoms with Gasteiger partial charge in [-0.25, -0.2) is 4.79 Å². The third-order valence-corrected chi connectivity index (χ3v) is 8.91. The number of carbonyl (C=O) groups excluding carboxylic acids is 1. The molecular weight excluding hydrogens is 442 g/mol. The maximum absolute atomic E-state index is 13.5. The Bertz CT molecular complexity index is 977. The Kier molecular flexibility index (Phi) is 6.07. The first-order chi connectivity index (χ1) is 15.6. The first-order valence-corrected chi connectivity index (χ1v) is 12.9. The van der Waals surface area contributed by atoms with E-state index in [0.717, 1.165) is 49.1 Å². The zero-order valence-corrected chi connectivity index (χ0v) is 19.5. The predicted octanol–water partition coefficient (Wildman–Crippen LogP) is 4.62. The van der Waals surface area contributed by atoms with E-state index in [1.165, 1.54) is 22.7 Å². The van der Waals surface area contributed by atoms with Crippen LogP contribution in [0.5, 0.6) is 5.75 Å². The number of thiophene rings is 2. The lowest BCUT2D eigenvalue weighted by atomic mass is 9.84. The van der Waals surface area contributed by atoms with Crippen molar-refractivity contribution in [3.05, 3.63) is 75.1 Å². The monoisotopic (exact) mass is 470 g/mol. The van der Waals surface area contributed by atoms with Crippen LogP contribution in [0.3, 0.4) is 0 Å². The number of esters is 1. The van der Waals surface area contributed by atoms with Crippen LogP contribution in [0.4, 0.5) is 0 Å². The number of fused-ring (bicyclic) bond motifs is 3. The van der Waals surface area contributed by atoms with Crippen molar-refractivity contribution in [2.24, 2.45) is 5.92 Å². The Morgan fingerprint density at radius 3 is 2.25 bits per heavy atom. The lowest BCUT2D eigenvalue weighted by molar-refractivity contribution is -0.984. The largest absolute Gasteiger partial charge is 0.488 e. The number of para-hydroxylation sites is 1. The third-order valence-electron chi connectivity index (χ3n) is 6.95. The van der Waals surface area contributed by atoms with E-state index in [-0.39, 0.29) is 6.23 Å². The van der Waals surface area contributed by atoms with Crippen LogP contribution in [0.1, 0.15) is 29.0 Å². The molecule has 0 unspecified atom stereocenters. The molecule has 0 saturated carbocycles. The fraction of sp³-hybridized carbons (Fsp3) is 0.400. The Balaban J connectivity index is 1.35. The summed E-state index contributed by atoms with van der Waals surface area (Å²) in [4.78, 5) is 14.7. The van der Waals surface area contributed by atoms with Gasteiger partial charge in [0, 0.05) is 19.3 Å². The molecule has 1 aromatic carbocycles. The van der Waals surface area contributed by atoms with E-state index < -0.39 is 11.6 Å². The molecule has 0 radical (unpaired) electrons. The molecule has 0 aliphatic carbocycles. The molecule has 6 rings (SSSR count). The highest BCUT2D eigenvalue weighted by atomic mass is 32.1. The summed E-state index contributed by atoms with van der Waals surface area (Å²) < 4.78 is 12.9. The van der Waals surface area contributed by atoms with Crippen LogP contribution < -0.4 is 4.74 Å². The van der Waals surface area contributed by atoms with Crippen LogP contribution in [0, 0.1) is 5.92 Å². The van der Waals surface area contributed by atoms with E-state index in [9.17, 15) is 9.90 Å². The molecule has 2 aromatic heterocycles. The zero-order valence-electron chi connectivity index (χ0n) is 17.9. The second-order valence-corrected chi connectivity index (χ2v) is 10.7. The molecule has 3 aliphatic heterocycles. The number of benzene rings is 1. The van der Waals surface area contributed by atoms with Crippen LogP contribution in [0.2, 0.25) is 0 Å². The van der Waals surface area contributed by atoms with Crippen molar-refractivity contribution in [2.45, 2.75) is 31.1 Å². The molecule has 7 heteroatoms. The fourth-order valence-corrected chi connectivity index (χ4v) is 6.77. The molecular formula is C25H28NO4S2+. The molecule has 1 N–H and O–H groups in total. The quantitative estimate of drug-likeness (QED) is 0.385. The van der Waals surface area contributed by atoms with Gasteiger partial charge < -0.3 is 14.6 Å². The van der Waals surface area contributed by atoms with Crippen molar-refractivity contribution in [3.63, 3.8) is 0 Å². The van der Waals surface area contributed by atoms with Gasteiger partial charge in [-0.15, -0.1) is 22.7 Å². The minimum absolute atomic E-state index is 0.249. The number of carbonyl (C=O) groups is 1. The summed E-state index contributed by atoms with van der Waals surface area (Å²) in [5, 5.41) is 15.4. The number of ether oxygens (including phenoxy) is 2. The van der Waals surface area contributed by atoms with Crippen LogP contribution in [0.15, 0.2) is 65.4 Å². The summed E-state index contributed by atoms with van der Waals surface area (Å²) in [5.41, 5.74) is -1.76. The van der Waals surface area contributed by atoms with Crippen LogP contribution in [-0.4, -0.2) is 48.0 Å². The molecule has 0 amide bonds. The number of quaternary nitrogens is 1. The predicted molar refractivity (Wildman–Crippen MR) is 126 cm³/mol. The third kappa shape index (κ3) is 3.99. The highest BCUT2D eigenvalue weighted by Gasteiger charge is 2.52. The van der Waals surface area contributed by atoms with Crippen LogP contribution >= 0.6 is 22.7 Å². The highest BCUT2D eigenvalue weighted by Crippen LogP contribution is 2.42. The van der Waals surface area contributed by atoms with Gasteiger partial charge in [-0.2, -0.15) is 0 Å². The van der Waals surface area contributed by atoms with E-state index in [1.807, 2.05) is 53.2 Å². The van der Waals surface area contributed by atoms with E-state index in [4.69, 9.17) is 9.47 Å². The lowest BCUT2D eigenvalue weighted by Crippen LogP contribution is -2.66. The van der Waals surface area contributed by atoms with E-state index in [1.54, 1.807) is 12.1 Å². The van der Waals surface area contributed by atoms with Crippen molar-refractivity contribution >= 4 is 28.6 Å². The van der Waals surface area contributed by atoms with Gasteiger partial charge in [0.25, 0.3) is 0 Å². The fourth-order valence-electron chi connectivity index (χ4n) is 5.06. The van der Waals surface area contributed by atoms with Crippen molar-refractivity contribution in [3.8, 4) is 5.75 Å². The van der Waals surface area contributed by atoms with Gasteiger partial charge >= 0.3 is 5.97 Å². The maximum atomic E-state index is 13.5. The van der Waals surface area contributed by atoms with Gasteiger partial charge in [0.15, 0.2) is 0 Å². The number of hydrogen-bond donors (Lipinski definition) is 1. The SMILES string of the molecule is O=C(O[C@@H]1CC2CC[N+]1(CCOc1ccccc1)CC2)C(O)(c1cccs1)c1cccs1. The second-order valence-electron chi connectivity index (χ2n) is 8.75. The topological polar surface area (TPSA) is 55.8 Å². The summed E-state index contributed by atoms with van der Waals surface area (Å²) in [7, 11) is 0. The van der Waals surface area contributed by atoms with Gasteiger partial charge in [0.1, 0.15) is 18.9 Å². The summed E-state index contributed by atoms with van der Waals surface area (Å²) in [6.07, 6.45) is 2.90. The average molecular weight is 471 g/mol. The molecule has 32 heavy (non-hydrogen) atoms. The number of nitrogens with zero attached hydrogens (tertiary/aromatic N) is 1. The molecule has 1 atom stereocenters. The number of aliphatic hydroxyl groups is 1.